The molecule has 1 amide bonds. The highest BCUT2D eigenvalue weighted by atomic mass is 35.5. The van der Waals surface area contributed by atoms with Gasteiger partial charge in [-0.05, 0) is 19.8 Å². The lowest BCUT2D eigenvalue weighted by Crippen LogP contribution is -2.28. The molecule has 122 valence electrons. The van der Waals surface area contributed by atoms with Crippen LogP contribution in [-0.2, 0) is 17.6 Å². The fourth-order valence-corrected chi connectivity index (χ4v) is 2.81. The maximum absolute atomic E-state index is 12.2. The Labute approximate surface area is 139 Å². The Kier molecular flexibility index (Phi) is 3.88. The molecule has 1 aliphatic carbocycles. The Morgan fingerprint density at radius 1 is 1.26 bits per heavy atom. The third-order valence-corrected chi connectivity index (χ3v) is 4.18. The summed E-state index contributed by atoms with van der Waals surface area (Å²) in [6.45, 7) is 7.36. The minimum Gasteiger partial charge on any atom is -0.360 e. The molecule has 0 saturated carbocycles. The molecule has 0 spiro atoms. The molecule has 0 radical (unpaired) electrons. The zero-order chi connectivity index (χ0) is 16.8. The topological polar surface area (TPSA) is 80.9 Å². The predicted octanol–water partition coefficient (Wildman–Crippen LogP) is 3.57. The van der Waals surface area contributed by atoms with Crippen molar-refractivity contribution >= 4 is 23.5 Å². The van der Waals surface area contributed by atoms with Crippen molar-refractivity contribution < 1.29 is 9.32 Å². The van der Waals surface area contributed by atoms with Crippen LogP contribution in [0.2, 0.25) is 5.15 Å². The highest BCUT2D eigenvalue weighted by Crippen LogP contribution is 2.36. The summed E-state index contributed by atoms with van der Waals surface area (Å²) < 4.78 is 5.40. The van der Waals surface area contributed by atoms with Gasteiger partial charge in [-0.25, -0.2) is 9.97 Å². The van der Waals surface area contributed by atoms with Crippen LogP contribution in [0.5, 0.6) is 0 Å². The molecule has 7 heteroatoms. The fourth-order valence-electron chi connectivity index (χ4n) is 2.55. The van der Waals surface area contributed by atoms with Crippen molar-refractivity contribution in [2.75, 3.05) is 5.32 Å². The number of hydrogen-bond acceptors (Lipinski definition) is 5. The largest absolute Gasteiger partial charge is 0.360 e. The SMILES string of the molecule is Cc1noc2c1-c1nc(NC(=O)C(C)(C)C)nc(Cl)c1CCC2. The van der Waals surface area contributed by atoms with Gasteiger partial charge in [0.1, 0.15) is 10.9 Å². The third-order valence-electron chi connectivity index (χ3n) is 3.86. The molecule has 2 aromatic rings. The Balaban J connectivity index is 2.09. The van der Waals surface area contributed by atoms with Crippen LogP contribution < -0.4 is 5.32 Å². The van der Waals surface area contributed by atoms with E-state index in [1.54, 1.807) is 0 Å². The highest BCUT2D eigenvalue weighted by Gasteiger charge is 2.27. The molecule has 0 atom stereocenters. The second-order valence-electron chi connectivity index (χ2n) is 6.79. The van der Waals surface area contributed by atoms with Gasteiger partial charge in [-0.15, -0.1) is 0 Å². The summed E-state index contributed by atoms with van der Waals surface area (Å²) in [5.41, 5.74) is 2.69. The highest BCUT2D eigenvalue weighted by molar-refractivity contribution is 6.30. The van der Waals surface area contributed by atoms with E-state index in [4.69, 9.17) is 16.1 Å². The second-order valence-corrected chi connectivity index (χ2v) is 7.15. The minimum atomic E-state index is -0.541. The zero-order valence-electron chi connectivity index (χ0n) is 13.7. The minimum absolute atomic E-state index is 0.163. The molecule has 0 bridgehead atoms. The predicted molar refractivity (Wildman–Crippen MR) is 87.4 cm³/mol. The molecule has 1 N–H and O–H groups in total. The number of nitrogens with zero attached hydrogens (tertiary/aromatic N) is 3. The average Bonchev–Trinajstić information content (AvgIpc) is 2.70. The van der Waals surface area contributed by atoms with Gasteiger partial charge in [0.2, 0.25) is 11.9 Å². The molecule has 2 aromatic heterocycles. The number of carbonyl (C=O) groups excluding carboxylic acids is 1. The number of nitrogens with one attached hydrogen (secondary N) is 1. The van der Waals surface area contributed by atoms with E-state index in [0.29, 0.717) is 10.8 Å². The maximum Gasteiger partial charge on any atom is 0.232 e. The summed E-state index contributed by atoms with van der Waals surface area (Å²) in [7, 11) is 0. The fraction of sp³-hybridized carbons (Fsp3) is 0.500. The molecule has 6 nitrogen and oxygen atoms in total. The molecule has 23 heavy (non-hydrogen) atoms. The van der Waals surface area contributed by atoms with Crippen LogP contribution in [0.15, 0.2) is 4.52 Å². The van der Waals surface area contributed by atoms with Gasteiger partial charge in [0, 0.05) is 17.4 Å². The zero-order valence-corrected chi connectivity index (χ0v) is 14.4. The standard InChI is InChI=1S/C16H19ClN4O2/c1-8-11-10(23-21-8)7-5-6-9-12(11)18-15(19-13(9)17)20-14(22)16(2,3)4/h5-7H2,1-4H3,(H,18,19,20,22). The lowest BCUT2D eigenvalue weighted by molar-refractivity contribution is -0.123. The molecule has 0 saturated heterocycles. The molecular formula is C16H19ClN4O2. The second kappa shape index (κ2) is 5.60. The smallest absolute Gasteiger partial charge is 0.232 e. The van der Waals surface area contributed by atoms with Gasteiger partial charge in [-0.2, -0.15) is 0 Å². The Morgan fingerprint density at radius 2 is 2.00 bits per heavy atom. The summed E-state index contributed by atoms with van der Waals surface area (Å²) in [5, 5.41) is 7.14. The molecule has 0 fully saturated rings. The van der Waals surface area contributed by atoms with Crippen LogP contribution in [0, 0.1) is 12.3 Å². The summed E-state index contributed by atoms with van der Waals surface area (Å²) in [6, 6.07) is 0. The van der Waals surface area contributed by atoms with Crippen LogP contribution in [-0.4, -0.2) is 21.0 Å². The van der Waals surface area contributed by atoms with Gasteiger partial charge in [-0.1, -0.05) is 37.5 Å². The molecule has 0 unspecified atom stereocenters. The van der Waals surface area contributed by atoms with E-state index in [0.717, 1.165) is 41.8 Å². The molecule has 0 aliphatic heterocycles. The number of rotatable bonds is 1. The van der Waals surface area contributed by atoms with Crippen molar-refractivity contribution in [1.82, 2.24) is 15.1 Å². The maximum atomic E-state index is 12.2. The van der Waals surface area contributed by atoms with Crippen LogP contribution in [0.4, 0.5) is 5.95 Å². The van der Waals surface area contributed by atoms with E-state index in [1.165, 1.54) is 0 Å². The van der Waals surface area contributed by atoms with E-state index in [1.807, 2.05) is 27.7 Å². The quantitative estimate of drug-likeness (QED) is 0.806. The molecular weight excluding hydrogens is 316 g/mol. The number of aryl methyl sites for hydroxylation is 2. The first-order valence-electron chi connectivity index (χ1n) is 7.60. The van der Waals surface area contributed by atoms with E-state index in [-0.39, 0.29) is 11.9 Å². The van der Waals surface area contributed by atoms with Crippen LogP contribution in [0.3, 0.4) is 0 Å². The molecule has 0 aromatic carbocycles. The average molecular weight is 335 g/mol. The first-order valence-corrected chi connectivity index (χ1v) is 7.98. The van der Waals surface area contributed by atoms with Crippen molar-refractivity contribution in [3.63, 3.8) is 0 Å². The van der Waals surface area contributed by atoms with Gasteiger partial charge >= 0.3 is 0 Å². The van der Waals surface area contributed by atoms with Gasteiger partial charge in [0.25, 0.3) is 0 Å². The van der Waals surface area contributed by atoms with E-state index in [2.05, 4.69) is 20.4 Å². The van der Waals surface area contributed by atoms with Crippen LogP contribution in [0.1, 0.15) is 44.2 Å². The number of aromatic nitrogens is 3. The lowest BCUT2D eigenvalue weighted by Gasteiger charge is -2.17. The summed E-state index contributed by atoms with van der Waals surface area (Å²) in [4.78, 5) is 21.0. The van der Waals surface area contributed by atoms with Crippen molar-refractivity contribution in [1.29, 1.82) is 0 Å². The number of halogens is 1. The number of hydrogen-bond donors (Lipinski definition) is 1. The van der Waals surface area contributed by atoms with E-state index in [9.17, 15) is 4.79 Å². The van der Waals surface area contributed by atoms with Crippen LogP contribution >= 0.6 is 11.6 Å². The summed E-state index contributed by atoms with van der Waals surface area (Å²) in [6.07, 6.45) is 2.45. The molecule has 2 heterocycles. The number of anilines is 1. The monoisotopic (exact) mass is 334 g/mol. The van der Waals surface area contributed by atoms with Crippen molar-refractivity contribution in [3.05, 3.63) is 22.2 Å². The number of amides is 1. The Bertz CT molecular complexity index is 777. The van der Waals surface area contributed by atoms with Crippen LogP contribution in [0.25, 0.3) is 11.3 Å². The lowest BCUT2D eigenvalue weighted by atomic mass is 9.96. The van der Waals surface area contributed by atoms with Gasteiger partial charge in [0.15, 0.2) is 0 Å². The first kappa shape index (κ1) is 15.9. The summed E-state index contributed by atoms with van der Waals surface area (Å²) in [5.74, 6) is 0.857. The summed E-state index contributed by atoms with van der Waals surface area (Å²) >= 11 is 6.35. The first-order chi connectivity index (χ1) is 10.8. The van der Waals surface area contributed by atoms with Crippen molar-refractivity contribution in [3.8, 4) is 11.3 Å². The Morgan fingerprint density at radius 3 is 2.70 bits per heavy atom. The molecule has 3 rings (SSSR count). The number of fused-ring (bicyclic) bond motifs is 3. The Hall–Kier alpha value is -1.95. The normalized spacial score (nSPS) is 14.0. The van der Waals surface area contributed by atoms with E-state index >= 15 is 0 Å². The van der Waals surface area contributed by atoms with Crippen molar-refractivity contribution in [2.24, 2.45) is 5.41 Å². The van der Waals surface area contributed by atoms with Crippen molar-refractivity contribution in [2.45, 2.75) is 47.0 Å². The number of carbonyl (C=O) groups is 1. The van der Waals surface area contributed by atoms with Gasteiger partial charge < -0.3 is 4.52 Å². The third kappa shape index (κ3) is 2.95. The van der Waals surface area contributed by atoms with Gasteiger partial charge in [0.05, 0.1) is 17.0 Å². The van der Waals surface area contributed by atoms with Gasteiger partial charge in [-0.3, -0.25) is 10.1 Å². The molecule has 1 aliphatic rings. The van der Waals surface area contributed by atoms with E-state index < -0.39 is 5.41 Å².